The van der Waals surface area contributed by atoms with Crippen molar-refractivity contribution in [1.29, 1.82) is 0 Å². The predicted octanol–water partition coefficient (Wildman–Crippen LogP) is 3.71. The number of esters is 1. The Kier molecular flexibility index (Phi) is 4.93. The number of hydrogen-bond donors (Lipinski definition) is 1. The SMILES string of the molecule is CCc1ccc(C(Nc2ccc(F)cc2)C(=O)OC)cc1. The Morgan fingerprint density at radius 2 is 1.76 bits per heavy atom. The van der Waals surface area contributed by atoms with Gasteiger partial charge in [-0.2, -0.15) is 0 Å². The van der Waals surface area contributed by atoms with Gasteiger partial charge in [-0.1, -0.05) is 31.2 Å². The van der Waals surface area contributed by atoms with Crippen molar-refractivity contribution in [2.24, 2.45) is 0 Å². The highest BCUT2D eigenvalue weighted by atomic mass is 19.1. The molecule has 1 unspecified atom stereocenters. The molecule has 0 fully saturated rings. The van der Waals surface area contributed by atoms with Crippen molar-refractivity contribution in [3.8, 4) is 0 Å². The third-order valence-corrected chi connectivity index (χ3v) is 3.31. The number of hydrogen-bond acceptors (Lipinski definition) is 3. The second kappa shape index (κ2) is 6.88. The van der Waals surface area contributed by atoms with Crippen LogP contribution in [0.5, 0.6) is 0 Å². The number of aryl methyl sites for hydroxylation is 1. The third-order valence-electron chi connectivity index (χ3n) is 3.31. The first-order chi connectivity index (χ1) is 10.1. The van der Waals surface area contributed by atoms with E-state index >= 15 is 0 Å². The largest absolute Gasteiger partial charge is 0.467 e. The number of carbonyl (C=O) groups is 1. The van der Waals surface area contributed by atoms with E-state index in [-0.39, 0.29) is 11.8 Å². The number of ether oxygens (including phenoxy) is 1. The summed E-state index contributed by atoms with van der Waals surface area (Å²) in [4.78, 5) is 12.0. The van der Waals surface area contributed by atoms with Crippen molar-refractivity contribution in [1.82, 2.24) is 0 Å². The van der Waals surface area contributed by atoms with Crippen LogP contribution in [0.4, 0.5) is 10.1 Å². The van der Waals surface area contributed by atoms with Gasteiger partial charge in [0.2, 0.25) is 0 Å². The summed E-state index contributed by atoms with van der Waals surface area (Å²) in [5, 5.41) is 3.07. The number of carbonyl (C=O) groups excluding carboxylic acids is 1. The fourth-order valence-corrected chi connectivity index (χ4v) is 2.05. The number of methoxy groups -OCH3 is 1. The van der Waals surface area contributed by atoms with E-state index < -0.39 is 6.04 Å². The lowest BCUT2D eigenvalue weighted by Crippen LogP contribution is -2.22. The van der Waals surface area contributed by atoms with E-state index in [1.54, 1.807) is 12.1 Å². The Morgan fingerprint density at radius 3 is 2.29 bits per heavy atom. The van der Waals surface area contributed by atoms with Gasteiger partial charge in [0.05, 0.1) is 7.11 Å². The summed E-state index contributed by atoms with van der Waals surface area (Å²) in [6, 6.07) is 13.0. The van der Waals surface area contributed by atoms with Crippen LogP contribution in [0.2, 0.25) is 0 Å². The first kappa shape index (κ1) is 15.0. The molecule has 0 spiro atoms. The second-order valence-corrected chi connectivity index (χ2v) is 4.70. The van der Waals surface area contributed by atoms with Crippen molar-refractivity contribution >= 4 is 11.7 Å². The molecule has 2 rings (SSSR count). The molecule has 3 nitrogen and oxygen atoms in total. The molecule has 0 aromatic heterocycles. The van der Waals surface area contributed by atoms with Crippen molar-refractivity contribution < 1.29 is 13.9 Å². The zero-order valence-electron chi connectivity index (χ0n) is 12.1. The summed E-state index contributed by atoms with van der Waals surface area (Å²) < 4.78 is 17.8. The predicted molar refractivity (Wildman–Crippen MR) is 80.6 cm³/mol. The molecule has 0 saturated heterocycles. The Morgan fingerprint density at radius 1 is 1.14 bits per heavy atom. The fraction of sp³-hybridized carbons (Fsp3) is 0.235. The van der Waals surface area contributed by atoms with Gasteiger partial charge in [-0.15, -0.1) is 0 Å². The highest BCUT2D eigenvalue weighted by Gasteiger charge is 2.21. The Balaban J connectivity index is 2.25. The summed E-state index contributed by atoms with van der Waals surface area (Å²) >= 11 is 0. The molecule has 0 aliphatic rings. The summed E-state index contributed by atoms with van der Waals surface area (Å²) in [6.07, 6.45) is 0.939. The lowest BCUT2D eigenvalue weighted by Gasteiger charge is -2.18. The first-order valence-corrected chi connectivity index (χ1v) is 6.82. The van der Waals surface area contributed by atoms with Crippen molar-refractivity contribution in [2.75, 3.05) is 12.4 Å². The van der Waals surface area contributed by atoms with Gasteiger partial charge >= 0.3 is 5.97 Å². The van der Waals surface area contributed by atoms with E-state index in [1.165, 1.54) is 24.8 Å². The van der Waals surface area contributed by atoms with Gasteiger partial charge in [0.25, 0.3) is 0 Å². The molecule has 0 saturated carbocycles. The molecule has 4 heteroatoms. The number of anilines is 1. The Hall–Kier alpha value is -2.36. The molecule has 2 aromatic carbocycles. The van der Waals surface area contributed by atoms with Gasteiger partial charge in [-0.05, 0) is 41.8 Å². The van der Waals surface area contributed by atoms with Crippen LogP contribution in [0.3, 0.4) is 0 Å². The molecule has 0 amide bonds. The maximum Gasteiger partial charge on any atom is 0.332 e. The van der Waals surface area contributed by atoms with Crippen molar-refractivity contribution in [3.05, 3.63) is 65.5 Å². The summed E-state index contributed by atoms with van der Waals surface area (Å²) in [7, 11) is 1.35. The first-order valence-electron chi connectivity index (χ1n) is 6.82. The zero-order chi connectivity index (χ0) is 15.2. The summed E-state index contributed by atoms with van der Waals surface area (Å²) in [5.41, 5.74) is 2.67. The van der Waals surface area contributed by atoms with Gasteiger partial charge in [0.15, 0.2) is 6.04 Å². The molecular weight excluding hydrogens is 269 g/mol. The molecule has 2 aromatic rings. The average molecular weight is 287 g/mol. The minimum absolute atomic E-state index is 0.317. The van der Waals surface area contributed by atoms with Crippen LogP contribution in [0.25, 0.3) is 0 Å². The molecule has 1 N–H and O–H groups in total. The smallest absolute Gasteiger partial charge is 0.332 e. The molecule has 0 radical (unpaired) electrons. The van der Waals surface area contributed by atoms with Gasteiger partial charge in [-0.25, -0.2) is 9.18 Å². The van der Waals surface area contributed by atoms with Crippen molar-refractivity contribution in [2.45, 2.75) is 19.4 Å². The van der Waals surface area contributed by atoms with Gasteiger partial charge in [-0.3, -0.25) is 0 Å². The molecular formula is C17H18FNO2. The lowest BCUT2D eigenvalue weighted by atomic mass is 10.0. The Bertz CT molecular complexity index is 593. The third kappa shape index (κ3) is 3.81. The highest BCUT2D eigenvalue weighted by Crippen LogP contribution is 2.22. The van der Waals surface area contributed by atoms with E-state index in [9.17, 15) is 9.18 Å². The van der Waals surface area contributed by atoms with Crippen LogP contribution in [-0.4, -0.2) is 13.1 Å². The van der Waals surface area contributed by atoms with E-state index in [0.717, 1.165) is 12.0 Å². The maximum absolute atomic E-state index is 12.9. The van der Waals surface area contributed by atoms with Crippen LogP contribution in [0.1, 0.15) is 24.1 Å². The maximum atomic E-state index is 12.9. The molecule has 110 valence electrons. The van der Waals surface area contributed by atoms with Crippen LogP contribution in [-0.2, 0) is 16.0 Å². The van der Waals surface area contributed by atoms with E-state index in [4.69, 9.17) is 4.74 Å². The summed E-state index contributed by atoms with van der Waals surface area (Å²) in [5.74, 6) is -0.703. The highest BCUT2D eigenvalue weighted by molar-refractivity contribution is 5.81. The lowest BCUT2D eigenvalue weighted by molar-refractivity contribution is -0.141. The quantitative estimate of drug-likeness (QED) is 0.852. The van der Waals surface area contributed by atoms with Crippen LogP contribution in [0.15, 0.2) is 48.5 Å². The molecule has 0 bridgehead atoms. The molecule has 21 heavy (non-hydrogen) atoms. The number of halogens is 1. The van der Waals surface area contributed by atoms with E-state index in [0.29, 0.717) is 5.69 Å². The molecule has 0 heterocycles. The number of nitrogens with one attached hydrogen (secondary N) is 1. The molecule has 0 aliphatic carbocycles. The number of rotatable bonds is 5. The van der Waals surface area contributed by atoms with Gasteiger partial charge in [0, 0.05) is 5.69 Å². The van der Waals surface area contributed by atoms with Crippen LogP contribution < -0.4 is 5.32 Å². The van der Waals surface area contributed by atoms with Gasteiger partial charge < -0.3 is 10.1 Å². The van der Waals surface area contributed by atoms with Gasteiger partial charge in [0.1, 0.15) is 5.82 Å². The standard InChI is InChI=1S/C17H18FNO2/c1-3-12-4-6-13(7-5-12)16(17(20)21-2)19-15-10-8-14(18)9-11-15/h4-11,16,19H,3H2,1-2H3. The average Bonchev–Trinajstić information content (AvgIpc) is 2.54. The Labute approximate surface area is 123 Å². The van der Waals surface area contributed by atoms with E-state index in [2.05, 4.69) is 12.2 Å². The fourth-order valence-electron chi connectivity index (χ4n) is 2.05. The van der Waals surface area contributed by atoms with Crippen LogP contribution in [0, 0.1) is 5.82 Å². The normalized spacial score (nSPS) is 11.8. The van der Waals surface area contributed by atoms with E-state index in [1.807, 2.05) is 24.3 Å². The minimum Gasteiger partial charge on any atom is -0.467 e. The second-order valence-electron chi connectivity index (χ2n) is 4.70. The molecule has 0 aliphatic heterocycles. The topological polar surface area (TPSA) is 38.3 Å². The minimum atomic E-state index is -0.619. The van der Waals surface area contributed by atoms with Crippen molar-refractivity contribution in [3.63, 3.8) is 0 Å². The number of benzene rings is 2. The summed E-state index contributed by atoms with van der Waals surface area (Å²) in [6.45, 7) is 2.07. The molecule has 1 atom stereocenters. The van der Waals surface area contributed by atoms with Crippen LogP contribution >= 0.6 is 0 Å². The zero-order valence-corrected chi connectivity index (χ0v) is 12.1. The monoisotopic (exact) mass is 287 g/mol.